The SMILES string of the molecule is CC(C)c1ccc(CNC(=O)[C@H](CCC(N)=O)NC(=O)[C@@H]2Cc3cc(CCCCCCc4ccc5c(c4)n(C)c(=O)n5C4CCC(=O)NC4=O)cc4c3N2C(=O)[C@@H](N)CC4)cc1. The van der Waals surface area contributed by atoms with Crippen LogP contribution in [0, 0.1) is 0 Å². The number of rotatable bonds is 17. The molecule has 62 heavy (non-hydrogen) atoms. The van der Waals surface area contributed by atoms with Gasteiger partial charge in [0.05, 0.1) is 22.8 Å². The number of aromatic nitrogens is 2. The van der Waals surface area contributed by atoms with Crippen LogP contribution in [0.2, 0.25) is 0 Å². The molecule has 3 aromatic carbocycles. The van der Waals surface area contributed by atoms with Gasteiger partial charge in [0, 0.05) is 32.9 Å². The summed E-state index contributed by atoms with van der Waals surface area (Å²) in [7, 11) is 1.70. The monoisotopic (exact) mass is 846 g/mol. The molecule has 15 nitrogen and oxygen atoms in total. The smallest absolute Gasteiger partial charge is 0.329 e. The third-order valence-corrected chi connectivity index (χ3v) is 12.7. The number of carbonyl (C=O) groups excluding carboxylic acids is 6. The van der Waals surface area contributed by atoms with E-state index in [9.17, 15) is 33.6 Å². The molecule has 0 aliphatic carbocycles. The summed E-state index contributed by atoms with van der Waals surface area (Å²) in [6.45, 7) is 4.46. The van der Waals surface area contributed by atoms with Gasteiger partial charge in [-0.05, 0) is 103 Å². The van der Waals surface area contributed by atoms with E-state index in [4.69, 9.17) is 11.5 Å². The predicted octanol–water partition coefficient (Wildman–Crippen LogP) is 3.38. The van der Waals surface area contributed by atoms with E-state index >= 15 is 0 Å². The Morgan fingerprint density at radius 3 is 2.23 bits per heavy atom. The van der Waals surface area contributed by atoms with E-state index in [0.717, 1.165) is 77.5 Å². The number of anilines is 1. The number of primary amides is 1. The molecule has 15 heteroatoms. The maximum atomic E-state index is 14.1. The second-order valence-corrected chi connectivity index (χ2v) is 17.4. The number of benzene rings is 3. The third-order valence-electron chi connectivity index (χ3n) is 12.7. The molecule has 0 bridgehead atoms. The molecule has 6 amide bonds. The molecule has 7 rings (SSSR count). The molecule has 0 radical (unpaired) electrons. The number of unbranched alkanes of at least 4 members (excludes halogenated alkanes) is 3. The van der Waals surface area contributed by atoms with E-state index < -0.39 is 47.8 Å². The zero-order chi connectivity index (χ0) is 44.2. The molecule has 0 spiro atoms. The largest absolute Gasteiger partial charge is 0.370 e. The summed E-state index contributed by atoms with van der Waals surface area (Å²) >= 11 is 0. The van der Waals surface area contributed by atoms with Crippen LogP contribution in [-0.2, 0) is 68.0 Å². The molecule has 328 valence electrons. The lowest BCUT2D eigenvalue weighted by Crippen LogP contribution is -2.56. The van der Waals surface area contributed by atoms with Crippen molar-refractivity contribution in [2.45, 2.75) is 134 Å². The van der Waals surface area contributed by atoms with Crippen LogP contribution in [0.25, 0.3) is 11.0 Å². The van der Waals surface area contributed by atoms with Crippen LogP contribution in [0.1, 0.15) is 117 Å². The highest BCUT2D eigenvalue weighted by Gasteiger charge is 2.44. The Bertz CT molecular complexity index is 2450. The molecule has 3 aliphatic heterocycles. The van der Waals surface area contributed by atoms with Gasteiger partial charge in [-0.25, -0.2) is 4.79 Å². The summed E-state index contributed by atoms with van der Waals surface area (Å²) in [6, 6.07) is 14.6. The Morgan fingerprint density at radius 2 is 1.53 bits per heavy atom. The average molecular weight is 847 g/mol. The number of piperidine rings is 1. The third kappa shape index (κ3) is 9.52. The van der Waals surface area contributed by atoms with Gasteiger partial charge >= 0.3 is 5.69 Å². The predicted molar refractivity (Wildman–Crippen MR) is 235 cm³/mol. The summed E-state index contributed by atoms with van der Waals surface area (Å²) in [4.78, 5) is 92.0. The molecule has 1 fully saturated rings. The first-order chi connectivity index (χ1) is 29.7. The second kappa shape index (κ2) is 18.9. The summed E-state index contributed by atoms with van der Waals surface area (Å²) in [5.74, 6) is -2.25. The molecule has 4 atom stereocenters. The lowest BCUT2D eigenvalue weighted by Gasteiger charge is -2.28. The van der Waals surface area contributed by atoms with Gasteiger partial charge in [0.2, 0.25) is 35.4 Å². The van der Waals surface area contributed by atoms with Gasteiger partial charge in [-0.2, -0.15) is 0 Å². The number of carbonyl (C=O) groups is 6. The zero-order valence-corrected chi connectivity index (χ0v) is 35.8. The van der Waals surface area contributed by atoms with Gasteiger partial charge < -0.3 is 22.1 Å². The lowest BCUT2D eigenvalue weighted by molar-refractivity contribution is -0.136. The number of aryl methyl sites for hydroxylation is 4. The number of hydrogen-bond donors (Lipinski definition) is 5. The lowest BCUT2D eigenvalue weighted by atomic mass is 9.95. The molecular formula is C47H58N8O7. The van der Waals surface area contributed by atoms with Crippen LogP contribution < -0.4 is 38.0 Å². The van der Waals surface area contributed by atoms with E-state index in [1.54, 1.807) is 11.6 Å². The average Bonchev–Trinajstić information content (AvgIpc) is 3.71. The molecule has 1 saturated heterocycles. The van der Waals surface area contributed by atoms with Crippen molar-refractivity contribution >= 4 is 52.2 Å². The molecular weight excluding hydrogens is 789 g/mol. The van der Waals surface area contributed by atoms with Crippen molar-refractivity contribution < 1.29 is 28.8 Å². The van der Waals surface area contributed by atoms with Crippen LogP contribution in [0.4, 0.5) is 5.69 Å². The highest BCUT2D eigenvalue weighted by Crippen LogP contribution is 2.40. The van der Waals surface area contributed by atoms with E-state index in [1.165, 1.54) is 15.0 Å². The van der Waals surface area contributed by atoms with Crippen LogP contribution in [0.15, 0.2) is 59.4 Å². The number of nitrogens with one attached hydrogen (secondary N) is 3. The fraction of sp³-hybridized carbons (Fsp3) is 0.468. The number of imide groups is 1. The molecule has 1 unspecified atom stereocenters. The van der Waals surface area contributed by atoms with Gasteiger partial charge in [0.15, 0.2) is 0 Å². The van der Waals surface area contributed by atoms with Crippen LogP contribution in [0.5, 0.6) is 0 Å². The Hall–Kier alpha value is -6.09. The Balaban J connectivity index is 0.960. The Morgan fingerprint density at radius 1 is 0.839 bits per heavy atom. The summed E-state index contributed by atoms with van der Waals surface area (Å²) in [5, 5.41) is 8.09. The van der Waals surface area contributed by atoms with Gasteiger partial charge in [-0.15, -0.1) is 0 Å². The van der Waals surface area contributed by atoms with Crippen molar-refractivity contribution in [3.8, 4) is 0 Å². The van der Waals surface area contributed by atoms with Crippen molar-refractivity contribution in [3.63, 3.8) is 0 Å². The maximum Gasteiger partial charge on any atom is 0.329 e. The van der Waals surface area contributed by atoms with Crippen LogP contribution in [-0.4, -0.2) is 62.7 Å². The second-order valence-electron chi connectivity index (χ2n) is 17.4. The molecule has 4 aromatic rings. The fourth-order valence-electron chi connectivity index (χ4n) is 9.14. The fourth-order valence-corrected chi connectivity index (χ4v) is 9.14. The quantitative estimate of drug-likeness (QED) is 0.0782. The number of nitrogens with two attached hydrogens (primary N) is 2. The normalized spacial score (nSPS) is 19.0. The molecule has 7 N–H and O–H groups in total. The van der Waals surface area contributed by atoms with E-state index in [2.05, 4.69) is 41.9 Å². The van der Waals surface area contributed by atoms with Crippen LogP contribution >= 0.6 is 0 Å². The topological polar surface area (TPSA) is 221 Å². The van der Waals surface area contributed by atoms with Gasteiger partial charge in [-0.3, -0.25) is 48.1 Å². The van der Waals surface area contributed by atoms with Crippen molar-refractivity contribution in [1.82, 2.24) is 25.1 Å². The van der Waals surface area contributed by atoms with Crippen molar-refractivity contribution in [2.75, 3.05) is 4.90 Å². The molecule has 3 aliphatic rings. The van der Waals surface area contributed by atoms with E-state index in [0.29, 0.717) is 30.7 Å². The van der Waals surface area contributed by atoms with Crippen molar-refractivity contribution in [1.29, 1.82) is 0 Å². The van der Waals surface area contributed by atoms with Crippen LogP contribution in [0.3, 0.4) is 0 Å². The molecule has 1 aromatic heterocycles. The first-order valence-electron chi connectivity index (χ1n) is 21.9. The minimum atomic E-state index is -1.04. The number of fused-ring (bicyclic) bond motifs is 1. The number of hydrogen-bond acceptors (Lipinski definition) is 8. The first-order valence-corrected chi connectivity index (χ1v) is 21.9. The summed E-state index contributed by atoms with van der Waals surface area (Å²) in [5.41, 5.74) is 19.9. The minimum Gasteiger partial charge on any atom is -0.370 e. The molecule has 4 heterocycles. The molecule has 0 saturated carbocycles. The number of imidazole rings is 1. The summed E-state index contributed by atoms with van der Waals surface area (Å²) < 4.78 is 3.05. The highest BCUT2D eigenvalue weighted by molar-refractivity contribution is 6.07. The van der Waals surface area contributed by atoms with E-state index in [1.807, 2.05) is 42.5 Å². The standard InChI is InChI=1S/C47H58N8O7/c1-27(2)31-13-10-29(11-14-31)26-50-43(58)35(17-20-40(49)56)51-45(60)39-25-33-23-30(22-32-15-16-34(48)46(61)55(39)42(32)33)9-7-5-4-6-8-28-12-18-36-38(24-28)53(3)47(62)54(36)37-19-21-41(57)52-44(37)59/h10-14,18,22-24,27,34-35,37,39H,4-9,15-17,19-21,25-26,48H2,1-3H3,(H2,49,56)(H,50,58)(H,51,60)(H,52,57,59)/t34-,35-,37?,39-/m0/s1. The highest BCUT2D eigenvalue weighted by atomic mass is 16.2. The minimum absolute atomic E-state index is 0.0125. The Kier molecular flexibility index (Phi) is 13.4. The van der Waals surface area contributed by atoms with Crippen molar-refractivity contribution in [3.05, 3.63) is 98.5 Å². The van der Waals surface area contributed by atoms with Gasteiger partial charge in [-0.1, -0.05) is 69.2 Å². The first kappa shape index (κ1) is 44.0. The summed E-state index contributed by atoms with van der Waals surface area (Å²) in [6.07, 6.45) is 7.29. The van der Waals surface area contributed by atoms with Gasteiger partial charge in [0.25, 0.3) is 0 Å². The number of amides is 6. The maximum absolute atomic E-state index is 14.1. The number of nitrogens with zero attached hydrogens (tertiary/aromatic N) is 3. The Labute approximate surface area is 360 Å². The van der Waals surface area contributed by atoms with E-state index in [-0.39, 0.29) is 49.7 Å². The zero-order valence-electron chi connectivity index (χ0n) is 35.8. The van der Waals surface area contributed by atoms with Gasteiger partial charge in [0.1, 0.15) is 18.1 Å². The van der Waals surface area contributed by atoms with Crippen molar-refractivity contribution in [2.24, 2.45) is 18.5 Å².